The largest absolute Gasteiger partial charge is 0.480 e. The monoisotopic (exact) mass is 594 g/mol. The number of aliphatic hydroxyl groups excluding tert-OH is 1. The van der Waals surface area contributed by atoms with Crippen LogP contribution in [0.1, 0.15) is 24.0 Å². The second-order valence-electron chi connectivity index (χ2n) is 10.0. The van der Waals surface area contributed by atoms with E-state index in [9.17, 15) is 29.4 Å². The van der Waals surface area contributed by atoms with Crippen LogP contribution in [-0.2, 0) is 32.0 Å². The highest BCUT2D eigenvalue weighted by atomic mass is 16.4. The van der Waals surface area contributed by atoms with Gasteiger partial charge in [-0.3, -0.25) is 19.4 Å². The van der Waals surface area contributed by atoms with Gasteiger partial charge in [0, 0.05) is 36.5 Å². The van der Waals surface area contributed by atoms with Gasteiger partial charge in [-0.1, -0.05) is 48.5 Å². The fourth-order valence-electron chi connectivity index (χ4n) is 4.45. The zero-order valence-electron chi connectivity index (χ0n) is 23.5. The number of aliphatic hydroxyl groups is 1. The quantitative estimate of drug-likeness (QED) is 0.0551. The second kappa shape index (κ2) is 15.9. The fraction of sp³-hybridized carbons (Fsp3) is 0.345. The highest BCUT2D eigenvalue weighted by molar-refractivity contribution is 5.95. The number of nitrogens with zero attached hydrogens (tertiary/aromatic N) is 1. The van der Waals surface area contributed by atoms with Crippen LogP contribution in [0.25, 0.3) is 10.9 Å². The van der Waals surface area contributed by atoms with E-state index < -0.39 is 54.5 Å². The molecular formula is C29H38N8O6. The maximum absolute atomic E-state index is 13.7. The number of hydrogen-bond donors (Lipinski definition) is 9. The molecule has 2 aromatic carbocycles. The molecule has 0 aliphatic carbocycles. The number of nitrogens with two attached hydrogens (primary N) is 3. The number of aromatic amines is 1. The molecule has 0 aliphatic rings. The zero-order chi connectivity index (χ0) is 31.4. The van der Waals surface area contributed by atoms with Gasteiger partial charge in [0.25, 0.3) is 0 Å². The van der Waals surface area contributed by atoms with Crippen LogP contribution >= 0.6 is 0 Å². The predicted molar refractivity (Wildman–Crippen MR) is 161 cm³/mol. The molecule has 4 unspecified atom stereocenters. The molecule has 0 fully saturated rings. The van der Waals surface area contributed by atoms with Crippen molar-refractivity contribution in [1.82, 2.24) is 20.9 Å². The molecule has 4 atom stereocenters. The summed E-state index contributed by atoms with van der Waals surface area (Å²) in [6.07, 6.45) is 2.48. The van der Waals surface area contributed by atoms with Crippen LogP contribution in [0.5, 0.6) is 0 Å². The first kappa shape index (κ1) is 32.6. The molecule has 14 heteroatoms. The first-order valence-electron chi connectivity index (χ1n) is 13.7. The lowest BCUT2D eigenvalue weighted by Crippen LogP contribution is -2.58. The van der Waals surface area contributed by atoms with Crippen LogP contribution < -0.4 is 33.2 Å². The van der Waals surface area contributed by atoms with Gasteiger partial charge in [0.05, 0.1) is 12.6 Å². The van der Waals surface area contributed by atoms with Crippen LogP contribution in [0.4, 0.5) is 0 Å². The van der Waals surface area contributed by atoms with Gasteiger partial charge in [-0.2, -0.15) is 0 Å². The van der Waals surface area contributed by atoms with Crippen molar-refractivity contribution in [2.45, 2.75) is 49.9 Å². The van der Waals surface area contributed by atoms with Crippen LogP contribution in [0.2, 0.25) is 0 Å². The molecule has 3 amide bonds. The van der Waals surface area contributed by atoms with Crippen molar-refractivity contribution in [3.63, 3.8) is 0 Å². The summed E-state index contributed by atoms with van der Waals surface area (Å²) < 4.78 is 0. The Morgan fingerprint density at radius 1 is 0.837 bits per heavy atom. The number of carbonyl (C=O) groups excluding carboxylic acids is 3. The van der Waals surface area contributed by atoms with Crippen molar-refractivity contribution >= 4 is 40.6 Å². The number of nitrogens with one attached hydrogen (secondary N) is 4. The molecule has 0 spiro atoms. The number of aliphatic carboxylic acids is 1. The van der Waals surface area contributed by atoms with Crippen molar-refractivity contribution < 1.29 is 29.4 Å². The molecule has 0 saturated carbocycles. The molecule has 14 nitrogen and oxygen atoms in total. The van der Waals surface area contributed by atoms with E-state index in [1.54, 1.807) is 30.5 Å². The van der Waals surface area contributed by atoms with Gasteiger partial charge in [0.1, 0.15) is 18.1 Å². The minimum Gasteiger partial charge on any atom is -0.480 e. The topological polar surface area (TPSA) is 251 Å². The first-order valence-corrected chi connectivity index (χ1v) is 13.7. The molecule has 1 aromatic heterocycles. The van der Waals surface area contributed by atoms with Crippen LogP contribution in [0, 0.1) is 0 Å². The zero-order valence-corrected chi connectivity index (χ0v) is 23.5. The minimum absolute atomic E-state index is 0.00430. The lowest BCUT2D eigenvalue weighted by molar-refractivity contribution is -0.143. The third kappa shape index (κ3) is 9.83. The Hall–Kier alpha value is -4.95. The predicted octanol–water partition coefficient (Wildman–Crippen LogP) is -1.13. The average molecular weight is 595 g/mol. The number of carboxylic acids is 1. The van der Waals surface area contributed by atoms with E-state index in [1.807, 2.05) is 30.3 Å². The number of carbonyl (C=O) groups is 4. The van der Waals surface area contributed by atoms with E-state index in [0.717, 1.165) is 16.5 Å². The smallest absolute Gasteiger partial charge is 0.328 e. The van der Waals surface area contributed by atoms with Crippen molar-refractivity contribution in [1.29, 1.82) is 0 Å². The average Bonchev–Trinajstić information content (AvgIpc) is 3.40. The summed E-state index contributed by atoms with van der Waals surface area (Å²) in [5.74, 6) is -3.58. The third-order valence-electron chi connectivity index (χ3n) is 6.75. The van der Waals surface area contributed by atoms with E-state index in [4.69, 9.17) is 17.2 Å². The number of amides is 3. The summed E-state index contributed by atoms with van der Waals surface area (Å²) in [5, 5.41) is 27.2. The van der Waals surface area contributed by atoms with Crippen molar-refractivity contribution in [3.8, 4) is 0 Å². The maximum Gasteiger partial charge on any atom is 0.328 e. The SMILES string of the molecule is NC(N)=NCCCC(N)C(=O)NC(Cc1ccccc1)C(=O)NC(Cc1c[nH]c2ccccc12)C(=O)NC(CO)C(=O)O. The van der Waals surface area contributed by atoms with Gasteiger partial charge in [-0.15, -0.1) is 0 Å². The van der Waals surface area contributed by atoms with Crippen molar-refractivity contribution in [2.24, 2.45) is 22.2 Å². The number of aliphatic imine (C=N–C) groups is 1. The molecule has 3 rings (SSSR count). The number of benzene rings is 2. The Balaban J connectivity index is 1.83. The highest BCUT2D eigenvalue weighted by Crippen LogP contribution is 2.19. The molecule has 0 aliphatic heterocycles. The van der Waals surface area contributed by atoms with Crippen LogP contribution in [0.3, 0.4) is 0 Å². The van der Waals surface area contributed by atoms with Gasteiger partial charge in [-0.25, -0.2) is 4.79 Å². The van der Waals surface area contributed by atoms with E-state index in [0.29, 0.717) is 12.0 Å². The number of para-hydroxylation sites is 1. The number of hydrogen-bond acceptors (Lipinski definition) is 7. The van der Waals surface area contributed by atoms with E-state index in [-0.39, 0.29) is 31.8 Å². The summed E-state index contributed by atoms with van der Waals surface area (Å²) in [5.41, 5.74) is 19.0. The highest BCUT2D eigenvalue weighted by Gasteiger charge is 2.31. The maximum atomic E-state index is 13.7. The number of carboxylic acid groups (broad SMARTS) is 1. The molecule has 1 heterocycles. The molecule has 0 bridgehead atoms. The number of H-pyrrole nitrogens is 1. The number of fused-ring (bicyclic) bond motifs is 1. The van der Waals surface area contributed by atoms with E-state index >= 15 is 0 Å². The van der Waals surface area contributed by atoms with Crippen molar-refractivity contribution in [3.05, 3.63) is 71.9 Å². The normalized spacial score (nSPS) is 13.7. The van der Waals surface area contributed by atoms with Gasteiger partial charge in [-0.05, 0) is 30.0 Å². The second-order valence-corrected chi connectivity index (χ2v) is 10.0. The number of aromatic nitrogens is 1. The Kier molecular flexibility index (Phi) is 12.0. The summed E-state index contributed by atoms with van der Waals surface area (Å²) in [7, 11) is 0. The molecule has 12 N–H and O–H groups in total. The van der Waals surface area contributed by atoms with E-state index in [2.05, 4.69) is 25.9 Å². The lowest BCUT2D eigenvalue weighted by Gasteiger charge is -2.25. The molecule has 0 saturated heterocycles. The van der Waals surface area contributed by atoms with Crippen LogP contribution in [0.15, 0.2) is 65.8 Å². The van der Waals surface area contributed by atoms with Gasteiger partial charge < -0.3 is 48.3 Å². The van der Waals surface area contributed by atoms with Crippen molar-refractivity contribution in [2.75, 3.05) is 13.2 Å². The third-order valence-corrected chi connectivity index (χ3v) is 6.75. The molecular weight excluding hydrogens is 556 g/mol. The summed E-state index contributed by atoms with van der Waals surface area (Å²) >= 11 is 0. The molecule has 43 heavy (non-hydrogen) atoms. The Labute approximate surface area is 248 Å². The molecule has 3 aromatic rings. The Morgan fingerprint density at radius 2 is 1.44 bits per heavy atom. The standard InChI is InChI=1S/C29H38N8O6/c30-20(10-6-12-33-29(31)32)25(39)35-22(13-17-7-2-1-3-8-17)26(40)36-23(27(41)37-24(16-38)28(42)43)14-18-15-34-21-11-5-4-9-19(18)21/h1-5,7-9,11,15,20,22-24,34,38H,6,10,12-14,16,30H2,(H,35,39)(H,36,40)(H,37,41)(H,42,43)(H4,31,32,33). The summed E-state index contributed by atoms with van der Waals surface area (Å²) in [6.45, 7) is -0.560. The Morgan fingerprint density at radius 3 is 2.09 bits per heavy atom. The Bertz CT molecular complexity index is 1420. The first-order chi connectivity index (χ1) is 20.6. The van der Waals surface area contributed by atoms with Gasteiger partial charge in [0.2, 0.25) is 17.7 Å². The van der Waals surface area contributed by atoms with E-state index in [1.165, 1.54) is 0 Å². The fourth-order valence-corrected chi connectivity index (χ4v) is 4.45. The summed E-state index contributed by atoms with van der Waals surface area (Å²) in [4.78, 5) is 58.4. The number of rotatable bonds is 16. The molecule has 230 valence electrons. The molecule has 0 radical (unpaired) electrons. The van der Waals surface area contributed by atoms with Gasteiger partial charge >= 0.3 is 5.97 Å². The van der Waals surface area contributed by atoms with Gasteiger partial charge in [0.15, 0.2) is 5.96 Å². The van der Waals surface area contributed by atoms with Crippen LogP contribution in [-0.4, -0.2) is 82.2 Å². The minimum atomic E-state index is -1.58. The lowest BCUT2D eigenvalue weighted by atomic mass is 10.0. The summed E-state index contributed by atoms with van der Waals surface area (Å²) in [6, 6.07) is 11.4. The number of guanidine groups is 1.